The Kier molecular flexibility index (Phi) is 6.53. The first-order valence-electron chi connectivity index (χ1n) is 17.1. The van der Waals surface area contributed by atoms with Crippen molar-refractivity contribution in [2.45, 2.75) is 0 Å². The van der Waals surface area contributed by atoms with E-state index in [0.29, 0.717) is 0 Å². The Morgan fingerprint density at radius 2 is 0.960 bits per heavy atom. The van der Waals surface area contributed by atoms with Crippen LogP contribution in [0.1, 0.15) is 0 Å². The Bertz CT molecular complexity index is 2870. The van der Waals surface area contributed by atoms with Gasteiger partial charge in [0.2, 0.25) is 0 Å². The van der Waals surface area contributed by atoms with Crippen molar-refractivity contribution >= 4 is 71.3 Å². The minimum Gasteiger partial charge on any atom is -0.456 e. The van der Waals surface area contributed by atoms with Crippen molar-refractivity contribution in [2.75, 3.05) is 4.90 Å². The summed E-state index contributed by atoms with van der Waals surface area (Å²) < 4.78 is 6.40. The molecule has 0 aliphatic carbocycles. The molecule has 0 aliphatic heterocycles. The summed E-state index contributed by atoms with van der Waals surface area (Å²) in [6.45, 7) is 0. The van der Waals surface area contributed by atoms with Gasteiger partial charge < -0.3 is 9.32 Å². The topological polar surface area (TPSA) is 16.4 Å². The highest BCUT2D eigenvalue weighted by Crippen LogP contribution is 2.42. The lowest BCUT2D eigenvalue weighted by Gasteiger charge is -2.27. The van der Waals surface area contributed by atoms with Crippen LogP contribution in [0.15, 0.2) is 192 Å². The smallest absolute Gasteiger partial charge is 0.136 e. The van der Waals surface area contributed by atoms with Crippen LogP contribution in [0.3, 0.4) is 0 Å². The number of nitrogens with zero attached hydrogens (tertiary/aromatic N) is 1. The highest BCUT2D eigenvalue weighted by molar-refractivity contribution is 6.22. The second-order valence-electron chi connectivity index (χ2n) is 12.9. The van der Waals surface area contributed by atoms with Gasteiger partial charge in [-0.05, 0) is 103 Å². The molecule has 0 saturated heterocycles. The van der Waals surface area contributed by atoms with Crippen molar-refractivity contribution in [2.24, 2.45) is 0 Å². The number of hydrogen-bond donors (Lipinski definition) is 0. The molecular weight excluding hydrogens is 607 g/mol. The second-order valence-corrected chi connectivity index (χ2v) is 12.9. The minimum absolute atomic E-state index is 0.909. The molecule has 50 heavy (non-hydrogen) atoms. The molecule has 2 heteroatoms. The van der Waals surface area contributed by atoms with Gasteiger partial charge in [0.05, 0.1) is 0 Å². The van der Waals surface area contributed by atoms with Crippen molar-refractivity contribution < 1.29 is 4.42 Å². The van der Waals surface area contributed by atoms with Crippen LogP contribution in [0.2, 0.25) is 0 Å². The Hall–Kier alpha value is -6.64. The van der Waals surface area contributed by atoms with Crippen LogP contribution in [-0.2, 0) is 0 Å². The maximum absolute atomic E-state index is 6.40. The molecule has 10 aromatic rings. The lowest BCUT2D eigenvalue weighted by atomic mass is 9.94. The van der Waals surface area contributed by atoms with Crippen LogP contribution >= 0.6 is 0 Å². The summed E-state index contributed by atoms with van der Waals surface area (Å²) in [4.78, 5) is 2.37. The summed E-state index contributed by atoms with van der Waals surface area (Å²) >= 11 is 0. The predicted octanol–water partition coefficient (Wildman–Crippen LogP) is 13.8. The lowest BCUT2D eigenvalue weighted by Crippen LogP contribution is -2.10. The van der Waals surface area contributed by atoms with Gasteiger partial charge in [-0.3, -0.25) is 0 Å². The first-order valence-corrected chi connectivity index (χ1v) is 17.1. The lowest BCUT2D eigenvalue weighted by molar-refractivity contribution is 0.669. The van der Waals surface area contributed by atoms with Crippen molar-refractivity contribution in [3.05, 3.63) is 188 Å². The van der Waals surface area contributed by atoms with Crippen LogP contribution < -0.4 is 4.90 Å². The van der Waals surface area contributed by atoms with Gasteiger partial charge in [0, 0.05) is 27.8 Å². The molecule has 0 aliphatic rings. The molecule has 0 N–H and O–H groups in total. The second kappa shape index (κ2) is 11.5. The SMILES string of the molecule is c1ccc(-c2cccc(N(c3ccc(-c4cc5oc6ccccc6c5c5ccccc45)cc3)c3ccc4c(ccc5ccccc54)c3)c2)cc1. The van der Waals surface area contributed by atoms with E-state index in [9.17, 15) is 0 Å². The standard InChI is InChI=1S/C48H31NO/c1-2-11-32(12-3-1)35-14-10-15-38(29-35)49(39-27-28-41-36(30-39)22-21-33-13-4-5-16-40(33)41)37-25-23-34(24-26-37)45-31-47-48(43-18-7-6-17-42(43)45)44-19-8-9-20-46(44)50-47/h1-31H. The molecule has 2 nitrogen and oxygen atoms in total. The molecule has 0 fully saturated rings. The first-order chi connectivity index (χ1) is 24.8. The fraction of sp³-hybridized carbons (Fsp3) is 0. The molecule has 1 heterocycles. The van der Waals surface area contributed by atoms with Crippen molar-refractivity contribution in [1.29, 1.82) is 0 Å². The predicted molar refractivity (Wildman–Crippen MR) is 212 cm³/mol. The number of hydrogen-bond acceptors (Lipinski definition) is 2. The molecule has 1 aromatic heterocycles. The van der Waals surface area contributed by atoms with Gasteiger partial charge in [0.1, 0.15) is 11.2 Å². The maximum atomic E-state index is 6.40. The number of fused-ring (bicyclic) bond motifs is 8. The fourth-order valence-electron chi connectivity index (χ4n) is 7.66. The zero-order chi connectivity index (χ0) is 33.0. The summed E-state index contributed by atoms with van der Waals surface area (Å²) in [5.74, 6) is 0. The number of para-hydroxylation sites is 1. The minimum atomic E-state index is 0.909. The zero-order valence-electron chi connectivity index (χ0n) is 27.3. The van der Waals surface area contributed by atoms with Crippen LogP contribution in [0, 0.1) is 0 Å². The highest BCUT2D eigenvalue weighted by Gasteiger charge is 2.17. The van der Waals surface area contributed by atoms with Crippen molar-refractivity contribution in [3.63, 3.8) is 0 Å². The van der Waals surface area contributed by atoms with E-state index in [1.54, 1.807) is 0 Å². The summed E-state index contributed by atoms with van der Waals surface area (Å²) in [7, 11) is 0. The van der Waals surface area contributed by atoms with Crippen LogP contribution in [0.25, 0.3) is 76.5 Å². The van der Waals surface area contributed by atoms with Crippen molar-refractivity contribution in [3.8, 4) is 22.3 Å². The van der Waals surface area contributed by atoms with Crippen LogP contribution in [0.5, 0.6) is 0 Å². The molecule has 0 saturated carbocycles. The molecular formula is C48H31NO. The molecule has 0 atom stereocenters. The Balaban J connectivity index is 1.13. The number of anilines is 3. The Labute approximate surface area is 290 Å². The van der Waals surface area contributed by atoms with Gasteiger partial charge in [0.25, 0.3) is 0 Å². The van der Waals surface area contributed by atoms with Gasteiger partial charge >= 0.3 is 0 Å². The van der Waals surface area contributed by atoms with Gasteiger partial charge in [-0.2, -0.15) is 0 Å². The van der Waals surface area contributed by atoms with Gasteiger partial charge in [0.15, 0.2) is 0 Å². The van der Waals surface area contributed by atoms with E-state index in [1.165, 1.54) is 48.8 Å². The summed E-state index contributed by atoms with van der Waals surface area (Å²) in [5.41, 5.74) is 9.82. The molecule has 0 unspecified atom stereocenters. The van der Waals surface area contributed by atoms with E-state index in [0.717, 1.165) is 44.7 Å². The molecule has 0 radical (unpaired) electrons. The average molecular weight is 638 g/mol. The largest absolute Gasteiger partial charge is 0.456 e. The molecule has 10 rings (SSSR count). The zero-order valence-corrected chi connectivity index (χ0v) is 27.3. The van der Waals surface area contributed by atoms with E-state index in [-0.39, 0.29) is 0 Å². The van der Waals surface area contributed by atoms with E-state index >= 15 is 0 Å². The Morgan fingerprint density at radius 1 is 0.320 bits per heavy atom. The molecule has 234 valence electrons. The van der Waals surface area contributed by atoms with E-state index in [1.807, 2.05) is 6.07 Å². The van der Waals surface area contributed by atoms with Crippen LogP contribution in [-0.4, -0.2) is 0 Å². The maximum Gasteiger partial charge on any atom is 0.136 e. The average Bonchev–Trinajstić information content (AvgIpc) is 3.57. The first kappa shape index (κ1) is 28.4. The summed E-state index contributed by atoms with van der Waals surface area (Å²) in [6, 6.07) is 67.5. The van der Waals surface area contributed by atoms with Crippen LogP contribution in [0.4, 0.5) is 17.1 Å². The third-order valence-corrected chi connectivity index (χ3v) is 10.0. The number of furan rings is 1. The van der Waals surface area contributed by atoms with Crippen molar-refractivity contribution in [1.82, 2.24) is 0 Å². The third-order valence-electron chi connectivity index (χ3n) is 10.0. The summed E-state index contributed by atoms with van der Waals surface area (Å²) in [5, 5.41) is 9.74. The highest BCUT2D eigenvalue weighted by atomic mass is 16.3. The monoisotopic (exact) mass is 637 g/mol. The van der Waals surface area contributed by atoms with E-state index in [4.69, 9.17) is 4.42 Å². The van der Waals surface area contributed by atoms with E-state index in [2.05, 4.69) is 187 Å². The number of benzene rings is 9. The van der Waals surface area contributed by atoms with Gasteiger partial charge in [-0.15, -0.1) is 0 Å². The van der Waals surface area contributed by atoms with Gasteiger partial charge in [-0.1, -0.05) is 140 Å². The molecule has 0 bridgehead atoms. The molecule has 9 aromatic carbocycles. The quantitative estimate of drug-likeness (QED) is 0.175. The Morgan fingerprint density at radius 3 is 1.82 bits per heavy atom. The molecule has 0 spiro atoms. The normalized spacial score (nSPS) is 11.6. The molecule has 0 amide bonds. The summed E-state index contributed by atoms with van der Waals surface area (Å²) in [6.07, 6.45) is 0. The third kappa shape index (κ3) is 4.65. The van der Waals surface area contributed by atoms with E-state index < -0.39 is 0 Å². The number of rotatable bonds is 5. The van der Waals surface area contributed by atoms with Gasteiger partial charge in [-0.25, -0.2) is 0 Å². The fourth-order valence-corrected chi connectivity index (χ4v) is 7.66.